The minimum Gasteiger partial charge on any atom is -0.496 e. The number of benzene rings is 2. The Morgan fingerprint density at radius 2 is 1.63 bits per heavy atom. The number of fused-ring (bicyclic) bond motifs is 1. The molecule has 0 amide bonds. The lowest BCUT2D eigenvalue weighted by molar-refractivity contribution is -0.186. The monoisotopic (exact) mass is 578 g/mol. The van der Waals surface area contributed by atoms with Crippen LogP contribution in [0.15, 0.2) is 24.3 Å². The maximum absolute atomic E-state index is 15.1. The van der Waals surface area contributed by atoms with Gasteiger partial charge in [0, 0.05) is 16.6 Å². The van der Waals surface area contributed by atoms with Crippen LogP contribution >= 0.6 is 0 Å². The van der Waals surface area contributed by atoms with Gasteiger partial charge in [0.05, 0.1) is 36.1 Å². The highest BCUT2D eigenvalue weighted by Gasteiger charge is 2.55. The molecule has 11 heteroatoms. The van der Waals surface area contributed by atoms with Gasteiger partial charge in [-0.25, -0.2) is 4.79 Å². The van der Waals surface area contributed by atoms with Gasteiger partial charge in [-0.1, -0.05) is 6.07 Å². The van der Waals surface area contributed by atoms with Gasteiger partial charge in [0.15, 0.2) is 5.60 Å². The van der Waals surface area contributed by atoms with Gasteiger partial charge in [0.1, 0.15) is 11.5 Å². The lowest BCUT2D eigenvalue weighted by Crippen LogP contribution is -2.45. The van der Waals surface area contributed by atoms with Crippen LogP contribution in [0.2, 0.25) is 0 Å². The second kappa shape index (κ2) is 10.2. The third-order valence-corrected chi connectivity index (χ3v) is 7.92. The molecular formula is C30H38BF3O7. The van der Waals surface area contributed by atoms with Crippen molar-refractivity contribution in [2.75, 3.05) is 13.7 Å². The fraction of sp³-hybridized carbons (Fsp3) is 0.567. The number of ether oxygens (including phenoxy) is 3. The van der Waals surface area contributed by atoms with Gasteiger partial charge in [-0.2, -0.15) is 13.2 Å². The smallest absolute Gasteiger partial charge is 0.496 e. The summed E-state index contributed by atoms with van der Waals surface area (Å²) in [4.78, 5) is 12.9. The van der Waals surface area contributed by atoms with E-state index >= 15 is 13.2 Å². The normalized spacial score (nSPS) is 19.8. The summed E-state index contributed by atoms with van der Waals surface area (Å²) in [5.41, 5.74) is -5.94. The standard InChI is InChI=1S/C30H38BF3O7/c1-26(2,3)39-29(8,25(35)36)23-19(30(32,33)34)16-20(31-40-27(4,5)28(6,7)41-31)24(37-9)22(23)18-12-13-21-17(15-18)11-10-14-38-21/h12-13,15-16H,10-11,14H2,1-9H3,(H,35,36). The first-order chi connectivity index (χ1) is 18.7. The van der Waals surface area contributed by atoms with Crippen molar-refractivity contribution >= 4 is 18.6 Å². The molecule has 2 aliphatic heterocycles. The molecule has 7 nitrogen and oxygen atoms in total. The van der Waals surface area contributed by atoms with Crippen LogP contribution < -0.4 is 14.9 Å². The van der Waals surface area contributed by atoms with Gasteiger partial charge < -0.3 is 28.6 Å². The average Bonchev–Trinajstić information content (AvgIpc) is 3.06. The topological polar surface area (TPSA) is 83.5 Å². The molecule has 1 atom stereocenters. The molecule has 224 valence electrons. The van der Waals surface area contributed by atoms with Gasteiger partial charge in [-0.3, -0.25) is 0 Å². The van der Waals surface area contributed by atoms with E-state index in [1.807, 2.05) is 0 Å². The fourth-order valence-corrected chi connectivity index (χ4v) is 5.38. The average molecular weight is 578 g/mol. The third kappa shape index (κ3) is 5.68. The molecule has 1 saturated heterocycles. The van der Waals surface area contributed by atoms with Crippen LogP contribution in [0.1, 0.15) is 78.5 Å². The van der Waals surface area contributed by atoms with Gasteiger partial charge in [0.25, 0.3) is 0 Å². The molecule has 2 aromatic carbocycles. The van der Waals surface area contributed by atoms with Crippen molar-refractivity contribution in [2.45, 2.75) is 96.8 Å². The Morgan fingerprint density at radius 1 is 1.02 bits per heavy atom. The lowest BCUT2D eigenvalue weighted by Gasteiger charge is -2.37. The summed E-state index contributed by atoms with van der Waals surface area (Å²) < 4.78 is 75.0. The van der Waals surface area contributed by atoms with Gasteiger partial charge >= 0.3 is 19.3 Å². The molecule has 1 N–H and O–H groups in total. The molecule has 0 saturated carbocycles. The van der Waals surface area contributed by atoms with Crippen molar-refractivity contribution in [3.63, 3.8) is 0 Å². The number of aliphatic carboxylic acids is 1. The maximum Gasteiger partial charge on any atom is 0.498 e. The van der Waals surface area contributed by atoms with Crippen molar-refractivity contribution < 1.29 is 46.6 Å². The minimum absolute atomic E-state index is 0.00491. The number of hydrogen-bond donors (Lipinski definition) is 1. The first-order valence-corrected chi connectivity index (χ1v) is 13.6. The summed E-state index contributed by atoms with van der Waals surface area (Å²) >= 11 is 0. The fourth-order valence-electron chi connectivity index (χ4n) is 5.38. The van der Waals surface area contributed by atoms with Crippen LogP contribution in [-0.2, 0) is 37.0 Å². The molecule has 2 aromatic rings. The summed E-state index contributed by atoms with van der Waals surface area (Å²) in [5.74, 6) is -0.940. The zero-order chi connectivity index (χ0) is 30.8. The first kappa shape index (κ1) is 31.2. The number of carboxylic acids is 1. The molecule has 0 bridgehead atoms. The highest BCUT2D eigenvalue weighted by atomic mass is 19.4. The number of halogens is 3. The van der Waals surface area contributed by atoms with Crippen molar-refractivity contribution in [3.05, 3.63) is 41.0 Å². The van der Waals surface area contributed by atoms with Crippen molar-refractivity contribution in [2.24, 2.45) is 0 Å². The summed E-state index contributed by atoms with van der Waals surface area (Å²) in [7, 11) is 0.110. The quantitative estimate of drug-likeness (QED) is 0.414. The van der Waals surface area contributed by atoms with Crippen molar-refractivity contribution in [3.8, 4) is 22.6 Å². The molecule has 0 aliphatic carbocycles. The summed E-state index contributed by atoms with van der Waals surface area (Å²) in [6.07, 6.45) is -3.58. The lowest BCUT2D eigenvalue weighted by atomic mass is 9.72. The maximum atomic E-state index is 15.1. The molecule has 0 spiro atoms. The third-order valence-electron chi connectivity index (χ3n) is 7.92. The second-order valence-corrected chi connectivity index (χ2v) is 12.7. The van der Waals surface area contributed by atoms with Crippen LogP contribution in [0.3, 0.4) is 0 Å². The van der Waals surface area contributed by atoms with Crippen LogP contribution in [0.4, 0.5) is 13.2 Å². The van der Waals surface area contributed by atoms with Gasteiger partial charge in [0.2, 0.25) is 0 Å². The molecule has 0 aromatic heterocycles. The van der Waals surface area contributed by atoms with E-state index in [9.17, 15) is 9.90 Å². The Kier molecular flexibility index (Phi) is 7.76. The molecule has 2 heterocycles. The van der Waals surface area contributed by atoms with Gasteiger partial charge in [-0.05, 0) is 97.6 Å². The van der Waals surface area contributed by atoms with Crippen LogP contribution in [0, 0.1) is 0 Å². The number of carboxylic acid groups (broad SMARTS) is 1. The van der Waals surface area contributed by atoms with E-state index in [4.69, 9.17) is 23.5 Å². The number of hydrogen-bond acceptors (Lipinski definition) is 6. The van der Waals surface area contributed by atoms with E-state index in [1.165, 1.54) is 7.11 Å². The summed E-state index contributed by atoms with van der Waals surface area (Å²) in [5, 5.41) is 10.5. The number of alkyl halides is 3. The first-order valence-electron chi connectivity index (χ1n) is 13.6. The van der Waals surface area contributed by atoms with Crippen molar-refractivity contribution in [1.82, 2.24) is 0 Å². The Bertz CT molecular complexity index is 1330. The number of carbonyl (C=O) groups is 1. The van der Waals surface area contributed by atoms with Crippen molar-refractivity contribution in [1.29, 1.82) is 0 Å². The Hall–Kier alpha value is -2.76. The predicted molar refractivity (Wildman–Crippen MR) is 149 cm³/mol. The van der Waals surface area contributed by atoms with E-state index < -0.39 is 52.8 Å². The zero-order valence-electron chi connectivity index (χ0n) is 25.0. The zero-order valence-corrected chi connectivity index (χ0v) is 25.0. The van der Waals surface area contributed by atoms with Crippen LogP contribution in [0.5, 0.6) is 11.5 Å². The number of methoxy groups -OCH3 is 1. The Morgan fingerprint density at radius 3 is 2.15 bits per heavy atom. The minimum atomic E-state index is -4.97. The van der Waals surface area contributed by atoms with E-state index in [-0.39, 0.29) is 16.8 Å². The molecule has 41 heavy (non-hydrogen) atoms. The van der Waals surface area contributed by atoms with E-state index in [1.54, 1.807) is 66.7 Å². The highest BCUT2D eigenvalue weighted by molar-refractivity contribution is 6.63. The molecule has 1 unspecified atom stereocenters. The van der Waals surface area contributed by atoms with E-state index in [2.05, 4.69) is 0 Å². The SMILES string of the molecule is COc1c(B2OC(C)(C)C(C)(C)O2)cc(C(F)(F)F)c(C(C)(OC(C)(C)C)C(=O)O)c1-c1ccc2c(c1)CCCO2. The summed E-state index contributed by atoms with van der Waals surface area (Å²) in [6, 6.07) is 5.89. The molecule has 2 aliphatic rings. The molecular weight excluding hydrogens is 540 g/mol. The van der Waals surface area contributed by atoms with Gasteiger partial charge in [-0.15, -0.1) is 0 Å². The number of rotatable bonds is 6. The predicted octanol–water partition coefficient (Wildman–Crippen LogP) is 6.12. The Labute approximate surface area is 239 Å². The largest absolute Gasteiger partial charge is 0.498 e. The molecule has 1 fully saturated rings. The second-order valence-electron chi connectivity index (χ2n) is 12.7. The van der Waals surface area contributed by atoms with Crippen LogP contribution in [-0.4, -0.2) is 48.7 Å². The number of aryl methyl sites for hydroxylation is 1. The van der Waals surface area contributed by atoms with E-state index in [0.717, 1.165) is 25.0 Å². The summed E-state index contributed by atoms with van der Waals surface area (Å²) in [6.45, 7) is 13.6. The Balaban J connectivity index is 2.16. The molecule has 0 radical (unpaired) electrons. The molecule has 4 rings (SSSR count). The van der Waals surface area contributed by atoms with E-state index in [0.29, 0.717) is 24.3 Å². The highest BCUT2D eigenvalue weighted by Crippen LogP contribution is 2.49. The van der Waals surface area contributed by atoms with Crippen LogP contribution in [0.25, 0.3) is 11.1 Å².